The molecule has 0 spiro atoms. The van der Waals surface area contributed by atoms with E-state index in [0.29, 0.717) is 30.6 Å². The fraction of sp³-hybridized carbons (Fsp3) is 0.742. The number of anilines is 1. The zero-order valence-corrected chi connectivity index (χ0v) is 23.1. The second-order valence-corrected chi connectivity index (χ2v) is 13.2. The highest BCUT2D eigenvalue weighted by molar-refractivity contribution is 5.82. The van der Waals surface area contributed by atoms with Crippen LogP contribution in [0.1, 0.15) is 97.4 Å². The molecule has 202 valence electrons. The predicted octanol–water partition coefficient (Wildman–Crippen LogP) is 6.50. The number of nitrogens with zero attached hydrogens (tertiary/aromatic N) is 4. The van der Waals surface area contributed by atoms with Gasteiger partial charge in [-0.3, -0.25) is 4.90 Å². The summed E-state index contributed by atoms with van der Waals surface area (Å²) in [6.07, 6.45) is 13.3. The number of aromatic nitrogens is 2. The maximum atomic E-state index is 12.1. The van der Waals surface area contributed by atoms with Crippen LogP contribution in [-0.2, 0) is 4.79 Å². The molecule has 1 aromatic heterocycles. The number of para-hydroxylation sites is 2. The number of imidazole rings is 1. The SMILES string of the molecule is C[C@H]1C[C@@H](C)C[C@@H](N2[C@@H]3CCC[C@H]2C[C@@H](n2c(N4CCC[C@H]4C(=O)O)nc4ccccc42)C3)C[C@@H](C)C1. The minimum absolute atomic E-state index is 0.382. The first kappa shape index (κ1) is 25.2. The Balaban J connectivity index is 1.32. The van der Waals surface area contributed by atoms with Crippen molar-refractivity contribution in [2.75, 3.05) is 11.4 Å². The molecule has 1 N–H and O–H groups in total. The van der Waals surface area contributed by atoms with Gasteiger partial charge in [0.1, 0.15) is 6.04 Å². The Bertz CT molecular complexity index is 1090. The van der Waals surface area contributed by atoms with Crippen LogP contribution in [0.2, 0.25) is 0 Å². The molecule has 3 aliphatic heterocycles. The van der Waals surface area contributed by atoms with Crippen molar-refractivity contribution >= 4 is 23.0 Å². The second-order valence-electron chi connectivity index (χ2n) is 13.2. The highest BCUT2D eigenvalue weighted by atomic mass is 16.4. The van der Waals surface area contributed by atoms with E-state index in [-0.39, 0.29) is 0 Å². The van der Waals surface area contributed by atoms with Crippen LogP contribution in [-0.4, -0.2) is 56.2 Å². The monoisotopic (exact) mass is 506 g/mol. The third-order valence-electron chi connectivity index (χ3n) is 10.1. The molecule has 1 saturated carbocycles. The van der Waals surface area contributed by atoms with Crippen LogP contribution < -0.4 is 4.90 Å². The molecule has 0 radical (unpaired) electrons. The number of carbonyl (C=O) groups is 1. The lowest BCUT2D eigenvalue weighted by molar-refractivity contribution is -0.138. The highest BCUT2D eigenvalue weighted by Crippen LogP contribution is 2.46. The zero-order valence-electron chi connectivity index (χ0n) is 23.1. The topological polar surface area (TPSA) is 61.6 Å². The normalized spacial score (nSPS) is 37.4. The van der Waals surface area contributed by atoms with Gasteiger partial charge in [0, 0.05) is 30.7 Å². The number of hydrogen-bond acceptors (Lipinski definition) is 4. The van der Waals surface area contributed by atoms with Gasteiger partial charge in [0.25, 0.3) is 0 Å². The van der Waals surface area contributed by atoms with Crippen LogP contribution in [0.25, 0.3) is 11.0 Å². The van der Waals surface area contributed by atoms with Gasteiger partial charge in [-0.1, -0.05) is 39.3 Å². The molecule has 8 atom stereocenters. The largest absolute Gasteiger partial charge is 0.480 e. The lowest BCUT2D eigenvalue weighted by Crippen LogP contribution is -2.57. The van der Waals surface area contributed by atoms with Crippen LogP contribution in [0.4, 0.5) is 5.95 Å². The molecule has 1 aromatic carbocycles. The fourth-order valence-corrected chi connectivity index (χ4v) is 8.98. The van der Waals surface area contributed by atoms with Crippen LogP contribution in [0.15, 0.2) is 24.3 Å². The standard InChI is InChI=1S/C31H46N4O2/c1-20-14-21(2)16-25(17-22(3)15-20)34-23-8-6-9-24(34)19-26(18-23)35-28-11-5-4-10-27(28)32-31(35)33-13-7-12-29(33)30(36)37/h4-5,10-11,20-26,29H,6-9,12-19H2,1-3H3,(H,36,37)/t20-,21+,22-,23-,24+,25+,26+,29-/m0/s1. The summed E-state index contributed by atoms with van der Waals surface area (Å²) in [6, 6.07) is 10.3. The first-order valence-electron chi connectivity index (χ1n) is 15.1. The van der Waals surface area contributed by atoms with E-state index < -0.39 is 12.0 Å². The van der Waals surface area contributed by atoms with Crippen LogP contribution >= 0.6 is 0 Å². The second kappa shape index (κ2) is 10.2. The summed E-state index contributed by atoms with van der Waals surface area (Å²) >= 11 is 0. The summed E-state index contributed by atoms with van der Waals surface area (Å²) in [5.74, 6) is 2.63. The van der Waals surface area contributed by atoms with Gasteiger partial charge in [0.05, 0.1) is 11.0 Å². The number of piperidine rings is 2. The Morgan fingerprint density at radius 2 is 1.46 bits per heavy atom. The van der Waals surface area contributed by atoms with E-state index in [2.05, 4.69) is 59.4 Å². The molecule has 6 nitrogen and oxygen atoms in total. The van der Waals surface area contributed by atoms with Gasteiger partial charge in [0.2, 0.25) is 5.95 Å². The molecule has 1 aliphatic carbocycles. The third kappa shape index (κ3) is 4.79. The van der Waals surface area contributed by atoms with Crippen molar-refractivity contribution in [1.82, 2.24) is 14.5 Å². The lowest BCUT2D eigenvalue weighted by Gasteiger charge is -2.54. The minimum Gasteiger partial charge on any atom is -0.480 e. The van der Waals surface area contributed by atoms with Gasteiger partial charge in [-0.2, -0.15) is 0 Å². The summed E-state index contributed by atoms with van der Waals surface area (Å²) in [4.78, 5) is 22.3. The number of fused-ring (bicyclic) bond motifs is 3. The quantitative estimate of drug-likeness (QED) is 0.513. The van der Waals surface area contributed by atoms with Crippen molar-refractivity contribution < 1.29 is 9.90 Å². The summed E-state index contributed by atoms with van der Waals surface area (Å²) in [5.41, 5.74) is 2.17. The summed E-state index contributed by atoms with van der Waals surface area (Å²) in [7, 11) is 0. The summed E-state index contributed by atoms with van der Waals surface area (Å²) in [5, 5.41) is 9.95. The number of carboxylic acid groups (broad SMARTS) is 1. The Morgan fingerprint density at radius 3 is 2.14 bits per heavy atom. The fourth-order valence-electron chi connectivity index (χ4n) is 8.98. The maximum absolute atomic E-state index is 12.1. The van der Waals surface area contributed by atoms with Crippen molar-refractivity contribution in [3.05, 3.63) is 24.3 Å². The zero-order chi connectivity index (χ0) is 25.7. The van der Waals surface area contributed by atoms with E-state index in [1.165, 1.54) is 50.5 Å². The van der Waals surface area contributed by atoms with Gasteiger partial charge < -0.3 is 14.6 Å². The predicted molar refractivity (Wildman–Crippen MR) is 149 cm³/mol. The van der Waals surface area contributed by atoms with E-state index in [9.17, 15) is 9.90 Å². The number of hydrogen-bond donors (Lipinski definition) is 1. The highest BCUT2D eigenvalue weighted by Gasteiger charge is 2.44. The molecular weight excluding hydrogens is 460 g/mol. The lowest BCUT2D eigenvalue weighted by atomic mass is 9.75. The molecule has 3 saturated heterocycles. The number of carboxylic acids is 1. The van der Waals surface area contributed by atoms with Crippen molar-refractivity contribution in [1.29, 1.82) is 0 Å². The molecule has 4 aliphatic rings. The summed E-state index contributed by atoms with van der Waals surface area (Å²) in [6.45, 7) is 8.21. The molecule has 6 rings (SSSR count). The Hall–Kier alpha value is -2.08. The Morgan fingerprint density at radius 1 is 0.811 bits per heavy atom. The van der Waals surface area contributed by atoms with Gasteiger partial charge >= 0.3 is 5.97 Å². The van der Waals surface area contributed by atoms with Crippen molar-refractivity contribution in [3.8, 4) is 0 Å². The number of rotatable bonds is 4. The molecule has 4 heterocycles. The Kier molecular flexibility index (Phi) is 6.98. The van der Waals surface area contributed by atoms with Crippen LogP contribution in [0.5, 0.6) is 0 Å². The van der Waals surface area contributed by atoms with E-state index in [1.807, 2.05) is 0 Å². The van der Waals surface area contributed by atoms with Gasteiger partial charge in [-0.25, -0.2) is 9.78 Å². The molecule has 0 unspecified atom stereocenters. The smallest absolute Gasteiger partial charge is 0.326 e. The first-order chi connectivity index (χ1) is 17.9. The molecule has 37 heavy (non-hydrogen) atoms. The van der Waals surface area contributed by atoms with Crippen LogP contribution in [0, 0.1) is 17.8 Å². The van der Waals surface area contributed by atoms with Gasteiger partial charge in [-0.05, 0) is 94.1 Å². The van der Waals surface area contributed by atoms with Crippen molar-refractivity contribution in [2.24, 2.45) is 17.8 Å². The van der Waals surface area contributed by atoms with E-state index in [4.69, 9.17) is 4.98 Å². The average Bonchev–Trinajstić information content (AvgIpc) is 3.46. The molecular formula is C31H46N4O2. The molecule has 0 amide bonds. The van der Waals surface area contributed by atoms with Crippen molar-refractivity contribution in [3.63, 3.8) is 0 Å². The maximum Gasteiger partial charge on any atom is 0.326 e. The van der Waals surface area contributed by atoms with E-state index >= 15 is 0 Å². The van der Waals surface area contributed by atoms with Crippen LogP contribution in [0.3, 0.4) is 0 Å². The summed E-state index contributed by atoms with van der Waals surface area (Å²) < 4.78 is 2.46. The molecule has 6 heteroatoms. The first-order valence-corrected chi connectivity index (χ1v) is 15.1. The van der Waals surface area contributed by atoms with E-state index in [0.717, 1.165) is 55.0 Å². The number of benzene rings is 1. The average molecular weight is 507 g/mol. The van der Waals surface area contributed by atoms with Crippen molar-refractivity contribution in [2.45, 2.75) is 122 Å². The molecule has 2 aromatic rings. The molecule has 4 fully saturated rings. The van der Waals surface area contributed by atoms with Gasteiger partial charge in [-0.15, -0.1) is 0 Å². The minimum atomic E-state index is -0.718. The number of aliphatic carboxylic acids is 1. The third-order valence-corrected chi connectivity index (χ3v) is 10.1. The van der Waals surface area contributed by atoms with E-state index in [1.54, 1.807) is 0 Å². The molecule has 2 bridgehead atoms. The Labute approximate surface area is 222 Å². The van der Waals surface area contributed by atoms with Gasteiger partial charge in [0.15, 0.2) is 0 Å².